The number of hydrogen-bond acceptors (Lipinski definition) is 4. The molecule has 2 aliphatic rings. The summed E-state index contributed by atoms with van der Waals surface area (Å²) in [4.78, 5) is 4.83. The summed E-state index contributed by atoms with van der Waals surface area (Å²) in [7, 11) is 0. The summed E-state index contributed by atoms with van der Waals surface area (Å²) in [6.07, 6.45) is 3.15. The molecule has 1 aliphatic heterocycles. The first-order valence-electron chi connectivity index (χ1n) is 10.2. The zero-order valence-corrected chi connectivity index (χ0v) is 16.0. The van der Waals surface area contributed by atoms with Gasteiger partial charge in [0.15, 0.2) is 0 Å². The van der Waals surface area contributed by atoms with Crippen LogP contribution in [-0.4, -0.2) is 60.3 Å². The third-order valence-corrected chi connectivity index (χ3v) is 5.70. The van der Waals surface area contributed by atoms with Crippen LogP contribution in [0.2, 0.25) is 0 Å². The number of aliphatic hydroxyl groups is 1. The topological polar surface area (TPSA) is 35.9 Å². The van der Waals surface area contributed by atoms with E-state index >= 15 is 0 Å². The number of piperazine rings is 1. The molecule has 4 nitrogen and oxygen atoms in total. The van der Waals surface area contributed by atoms with Crippen LogP contribution in [-0.2, 0) is 19.4 Å². The molecular weight excluding hydrogens is 336 g/mol. The number of nitrogens with zero attached hydrogens (tertiary/aromatic N) is 2. The number of aliphatic hydroxyl groups excluding tert-OH is 1. The number of hydrogen-bond donors (Lipinski definition) is 1. The highest BCUT2D eigenvalue weighted by Crippen LogP contribution is 2.26. The molecule has 0 saturated carbocycles. The van der Waals surface area contributed by atoms with E-state index in [1.807, 2.05) is 6.07 Å². The van der Waals surface area contributed by atoms with Gasteiger partial charge < -0.3 is 9.84 Å². The fraction of sp³-hybridized carbons (Fsp3) is 0.478. The molecule has 1 heterocycles. The van der Waals surface area contributed by atoms with Gasteiger partial charge in [-0.2, -0.15) is 0 Å². The van der Waals surface area contributed by atoms with Crippen LogP contribution in [0, 0.1) is 0 Å². The van der Waals surface area contributed by atoms with Crippen molar-refractivity contribution in [3.63, 3.8) is 0 Å². The summed E-state index contributed by atoms with van der Waals surface area (Å²) in [5.41, 5.74) is 4.24. The highest BCUT2D eigenvalue weighted by Gasteiger charge is 2.20. The van der Waals surface area contributed by atoms with Crippen LogP contribution in [0.25, 0.3) is 0 Å². The molecule has 144 valence electrons. The lowest BCUT2D eigenvalue weighted by atomic mass is 10.1. The minimum atomic E-state index is -0.445. The second-order valence-corrected chi connectivity index (χ2v) is 7.81. The van der Waals surface area contributed by atoms with Gasteiger partial charge in [-0.05, 0) is 48.1 Å². The third-order valence-electron chi connectivity index (χ3n) is 5.70. The predicted molar refractivity (Wildman–Crippen MR) is 108 cm³/mol. The van der Waals surface area contributed by atoms with Crippen LogP contribution in [0.5, 0.6) is 5.75 Å². The molecule has 2 aromatic rings. The monoisotopic (exact) mass is 366 g/mol. The van der Waals surface area contributed by atoms with E-state index in [1.54, 1.807) is 0 Å². The van der Waals surface area contributed by atoms with E-state index < -0.39 is 6.10 Å². The second-order valence-electron chi connectivity index (χ2n) is 7.81. The molecule has 0 aromatic heterocycles. The van der Waals surface area contributed by atoms with Crippen LogP contribution in [0.15, 0.2) is 48.5 Å². The second kappa shape index (κ2) is 8.87. The quantitative estimate of drug-likeness (QED) is 0.817. The summed E-state index contributed by atoms with van der Waals surface area (Å²) < 4.78 is 5.85. The van der Waals surface area contributed by atoms with Gasteiger partial charge in [-0.1, -0.05) is 36.4 Å². The first-order valence-corrected chi connectivity index (χ1v) is 10.2. The van der Waals surface area contributed by atoms with Gasteiger partial charge in [0.25, 0.3) is 0 Å². The van der Waals surface area contributed by atoms with Gasteiger partial charge in [-0.25, -0.2) is 0 Å². The molecule has 0 spiro atoms. The normalized spacial score (nSPS) is 19.0. The maximum absolute atomic E-state index is 10.4. The minimum absolute atomic E-state index is 0.364. The van der Waals surface area contributed by atoms with Crippen LogP contribution in [0.1, 0.15) is 23.1 Å². The maximum Gasteiger partial charge on any atom is 0.119 e. The average molecular weight is 367 g/mol. The van der Waals surface area contributed by atoms with Crippen LogP contribution >= 0.6 is 0 Å². The smallest absolute Gasteiger partial charge is 0.119 e. The fourth-order valence-corrected chi connectivity index (χ4v) is 4.15. The van der Waals surface area contributed by atoms with Gasteiger partial charge in [0.1, 0.15) is 18.5 Å². The molecule has 1 fully saturated rings. The van der Waals surface area contributed by atoms with E-state index in [-0.39, 0.29) is 0 Å². The highest BCUT2D eigenvalue weighted by atomic mass is 16.5. The molecule has 27 heavy (non-hydrogen) atoms. The Kier molecular flexibility index (Phi) is 6.07. The van der Waals surface area contributed by atoms with Gasteiger partial charge in [-0.15, -0.1) is 0 Å². The van der Waals surface area contributed by atoms with Gasteiger partial charge in [0.2, 0.25) is 0 Å². The van der Waals surface area contributed by atoms with Crippen molar-refractivity contribution < 1.29 is 9.84 Å². The molecule has 1 saturated heterocycles. The van der Waals surface area contributed by atoms with Crippen molar-refractivity contribution in [1.82, 2.24) is 9.80 Å². The summed E-state index contributed by atoms with van der Waals surface area (Å²) in [5.74, 6) is 0.891. The SMILES string of the molecule is O[C@H](COc1ccc2c(c1)CCC2)CN1CCN(Cc2ccccc2)CC1. The molecular formula is C23H30N2O2. The number of fused-ring (bicyclic) bond motifs is 1. The lowest BCUT2D eigenvalue weighted by Gasteiger charge is -2.35. The van der Waals surface area contributed by atoms with Crippen LogP contribution in [0.3, 0.4) is 0 Å². The standard InChI is InChI=1S/C23H30N2O2/c26-22(18-27-23-10-9-20-7-4-8-21(20)15-23)17-25-13-11-24(12-14-25)16-19-5-2-1-3-6-19/h1-3,5-6,9-10,15,22,26H,4,7-8,11-14,16-18H2/t22-/m0/s1. The molecule has 4 heteroatoms. The number of benzene rings is 2. The molecule has 0 amide bonds. The van der Waals surface area contributed by atoms with E-state index in [0.29, 0.717) is 13.2 Å². The Hall–Kier alpha value is -1.88. The molecule has 1 N–H and O–H groups in total. The summed E-state index contributed by atoms with van der Waals surface area (Å²) >= 11 is 0. The fourth-order valence-electron chi connectivity index (χ4n) is 4.15. The minimum Gasteiger partial charge on any atom is -0.491 e. The largest absolute Gasteiger partial charge is 0.491 e. The molecule has 0 radical (unpaired) electrons. The van der Waals surface area contributed by atoms with Crippen molar-refractivity contribution >= 4 is 0 Å². The Balaban J connectivity index is 1.18. The molecule has 1 aliphatic carbocycles. The number of aryl methyl sites for hydroxylation is 2. The zero-order chi connectivity index (χ0) is 18.5. The van der Waals surface area contributed by atoms with Crippen molar-refractivity contribution in [3.8, 4) is 5.75 Å². The van der Waals surface area contributed by atoms with E-state index in [1.165, 1.54) is 29.5 Å². The Morgan fingerprint density at radius 1 is 0.889 bits per heavy atom. The number of β-amino-alcohol motifs (C(OH)–C–C–N with tert-alkyl or cyclic N) is 1. The molecule has 1 atom stereocenters. The first-order chi connectivity index (χ1) is 13.3. The Morgan fingerprint density at radius 3 is 2.44 bits per heavy atom. The van der Waals surface area contributed by atoms with Crippen molar-refractivity contribution in [3.05, 3.63) is 65.2 Å². The first kappa shape index (κ1) is 18.5. The van der Waals surface area contributed by atoms with Gasteiger partial charge in [0.05, 0.1) is 0 Å². The maximum atomic E-state index is 10.4. The summed E-state index contributed by atoms with van der Waals surface area (Å²) in [6.45, 7) is 6.16. The summed E-state index contributed by atoms with van der Waals surface area (Å²) in [6, 6.07) is 17.0. The van der Waals surface area contributed by atoms with E-state index in [2.05, 4.69) is 52.3 Å². The van der Waals surface area contributed by atoms with Crippen LogP contribution < -0.4 is 4.74 Å². The Morgan fingerprint density at radius 2 is 1.63 bits per heavy atom. The molecule has 2 aromatic carbocycles. The predicted octanol–water partition coefficient (Wildman–Crippen LogP) is 2.73. The van der Waals surface area contributed by atoms with E-state index in [0.717, 1.165) is 44.9 Å². The van der Waals surface area contributed by atoms with Crippen molar-refractivity contribution in [2.45, 2.75) is 31.9 Å². The average Bonchev–Trinajstić information content (AvgIpc) is 3.17. The zero-order valence-electron chi connectivity index (χ0n) is 16.0. The number of rotatable bonds is 7. The summed E-state index contributed by atoms with van der Waals surface area (Å²) in [5, 5.41) is 10.4. The lowest BCUT2D eigenvalue weighted by Crippen LogP contribution is -2.48. The van der Waals surface area contributed by atoms with Crippen molar-refractivity contribution in [2.24, 2.45) is 0 Å². The van der Waals surface area contributed by atoms with E-state index in [4.69, 9.17) is 4.74 Å². The van der Waals surface area contributed by atoms with E-state index in [9.17, 15) is 5.11 Å². The third kappa shape index (κ3) is 5.10. The number of ether oxygens (including phenoxy) is 1. The van der Waals surface area contributed by atoms with Crippen molar-refractivity contribution in [1.29, 1.82) is 0 Å². The molecule has 0 bridgehead atoms. The van der Waals surface area contributed by atoms with Gasteiger partial charge in [0, 0.05) is 39.3 Å². The van der Waals surface area contributed by atoms with Gasteiger partial charge >= 0.3 is 0 Å². The lowest BCUT2D eigenvalue weighted by molar-refractivity contribution is 0.0446. The van der Waals surface area contributed by atoms with Gasteiger partial charge in [-0.3, -0.25) is 9.80 Å². The molecule has 4 rings (SSSR count). The molecule has 0 unspecified atom stereocenters. The highest BCUT2D eigenvalue weighted by molar-refractivity contribution is 5.38. The van der Waals surface area contributed by atoms with Crippen molar-refractivity contribution in [2.75, 3.05) is 39.3 Å². The Bertz CT molecular complexity index is 726. The Labute approximate surface area is 162 Å². The van der Waals surface area contributed by atoms with Crippen LogP contribution in [0.4, 0.5) is 0 Å².